The van der Waals surface area contributed by atoms with Gasteiger partial charge >= 0.3 is 42.0 Å². The molecule has 0 aromatic heterocycles. The van der Waals surface area contributed by atoms with Gasteiger partial charge in [0.2, 0.25) is 0 Å². The van der Waals surface area contributed by atoms with Gasteiger partial charge in [0.15, 0.2) is 0 Å². The van der Waals surface area contributed by atoms with Crippen LogP contribution in [-0.4, -0.2) is 54.5 Å². The summed E-state index contributed by atoms with van der Waals surface area (Å²) in [7, 11) is 0. The molecule has 18 heteroatoms. The molecule has 34 heavy (non-hydrogen) atoms. The summed E-state index contributed by atoms with van der Waals surface area (Å²) in [4.78, 5) is 22.7. The van der Waals surface area contributed by atoms with Gasteiger partial charge in [-0.3, -0.25) is 4.79 Å². The van der Waals surface area contributed by atoms with E-state index in [1.807, 2.05) is 0 Å². The van der Waals surface area contributed by atoms with E-state index in [2.05, 4.69) is 4.74 Å². The molecular formula is C16H9F14NO3. The molecule has 0 radical (unpaired) electrons. The third-order valence-electron chi connectivity index (χ3n) is 3.91. The van der Waals surface area contributed by atoms with Crippen molar-refractivity contribution in [3.63, 3.8) is 0 Å². The number of benzene rings is 1. The van der Waals surface area contributed by atoms with Crippen molar-refractivity contribution < 1.29 is 75.8 Å². The Balaban J connectivity index is 3.21. The first-order chi connectivity index (χ1) is 15.0. The molecule has 4 nitrogen and oxygen atoms in total. The predicted octanol–water partition coefficient (Wildman–Crippen LogP) is 5.05. The largest absolute Gasteiger partial charge is 0.460 e. The van der Waals surface area contributed by atoms with Gasteiger partial charge in [-0.05, 0) is 5.56 Å². The Morgan fingerprint density at radius 2 is 1.12 bits per heavy atom. The van der Waals surface area contributed by atoms with E-state index >= 15 is 0 Å². The summed E-state index contributed by atoms with van der Waals surface area (Å²) in [5, 5.41) is 0.725. The first-order valence-electron chi connectivity index (χ1n) is 8.20. The highest BCUT2D eigenvalue weighted by atomic mass is 19.4. The number of halogens is 14. The average Bonchev–Trinajstić information content (AvgIpc) is 2.69. The number of carbonyl (C=O) groups is 2. The zero-order valence-corrected chi connectivity index (χ0v) is 15.7. The number of hydrogen-bond donors (Lipinski definition) is 1. The van der Waals surface area contributed by atoms with Crippen LogP contribution in [-0.2, 0) is 14.3 Å². The van der Waals surface area contributed by atoms with Crippen LogP contribution in [0.2, 0.25) is 0 Å². The van der Waals surface area contributed by atoms with Crippen molar-refractivity contribution in [1.29, 1.82) is 0 Å². The van der Waals surface area contributed by atoms with Crippen molar-refractivity contribution in [2.24, 2.45) is 0 Å². The second kappa shape index (κ2) is 9.09. The van der Waals surface area contributed by atoms with Crippen molar-refractivity contribution in [3.8, 4) is 0 Å². The number of rotatable bonds is 8. The van der Waals surface area contributed by atoms with Crippen LogP contribution in [0.1, 0.15) is 11.7 Å². The lowest BCUT2D eigenvalue weighted by atomic mass is 10.1. The maximum atomic E-state index is 13.5. The minimum atomic E-state index is -7.00. The van der Waals surface area contributed by atoms with Gasteiger partial charge in [-0.25, -0.2) is 4.79 Å². The van der Waals surface area contributed by atoms with E-state index in [0.29, 0.717) is 0 Å². The van der Waals surface area contributed by atoms with E-state index in [0.717, 1.165) is 29.6 Å². The summed E-state index contributed by atoms with van der Waals surface area (Å²) < 4.78 is 182. The van der Waals surface area contributed by atoms with Crippen LogP contribution in [0.3, 0.4) is 0 Å². The van der Waals surface area contributed by atoms with Gasteiger partial charge in [0.05, 0.1) is 6.54 Å². The van der Waals surface area contributed by atoms with Crippen molar-refractivity contribution >= 4 is 11.9 Å². The number of nitrogens with one attached hydrogen (secondary N) is 1. The van der Waals surface area contributed by atoms with E-state index in [1.54, 1.807) is 0 Å². The Hall–Kier alpha value is -2.82. The fraction of sp³-hybridized carbons (Fsp3) is 0.500. The lowest BCUT2D eigenvalue weighted by molar-refractivity contribution is -0.349. The van der Waals surface area contributed by atoms with E-state index < -0.39 is 66.1 Å². The van der Waals surface area contributed by atoms with Gasteiger partial charge in [-0.1, -0.05) is 30.3 Å². The Bertz CT molecular complexity index is 879. The lowest BCUT2D eigenvalue weighted by Gasteiger charge is -2.29. The molecule has 0 bridgehead atoms. The van der Waals surface area contributed by atoms with Crippen LogP contribution in [0.4, 0.5) is 61.5 Å². The van der Waals surface area contributed by atoms with E-state index in [1.165, 1.54) is 6.07 Å². The van der Waals surface area contributed by atoms with Crippen LogP contribution in [0, 0.1) is 0 Å². The molecule has 0 aliphatic heterocycles. The monoisotopic (exact) mass is 529 g/mol. The Morgan fingerprint density at radius 3 is 1.53 bits per heavy atom. The Morgan fingerprint density at radius 1 is 0.706 bits per heavy atom. The van der Waals surface area contributed by atoms with Gasteiger partial charge in [0, 0.05) is 0 Å². The topological polar surface area (TPSA) is 55.4 Å². The van der Waals surface area contributed by atoms with Gasteiger partial charge in [-0.2, -0.15) is 61.5 Å². The van der Waals surface area contributed by atoms with Crippen molar-refractivity contribution in [1.82, 2.24) is 5.32 Å². The molecular weight excluding hydrogens is 520 g/mol. The van der Waals surface area contributed by atoms with Crippen LogP contribution in [0.5, 0.6) is 0 Å². The summed E-state index contributed by atoms with van der Waals surface area (Å²) in [6, 6.07) is 4.70. The smallest absolute Gasteiger partial charge is 0.451 e. The minimum absolute atomic E-state index is 0.645. The maximum absolute atomic E-state index is 13.5. The van der Waals surface area contributed by atoms with Crippen LogP contribution in [0.15, 0.2) is 30.3 Å². The first kappa shape index (κ1) is 29.2. The quantitative estimate of drug-likeness (QED) is 0.379. The summed E-state index contributed by atoms with van der Waals surface area (Å²) in [5.74, 6) is -34.0. The molecule has 0 fully saturated rings. The fourth-order valence-electron chi connectivity index (χ4n) is 2.02. The SMILES string of the molecule is O=C(NCC(OC(=O)C(F)(F)C(F)(F)C(F)(F)F)c1ccccc1)C(F)(F)C(F)(F)C(F)(F)F. The van der Waals surface area contributed by atoms with Crippen molar-refractivity contribution in [3.05, 3.63) is 35.9 Å². The highest BCUT2D eigenvalue weighted by Gasteiger charge is 2.78. The summed E-state index contributed by atoms with van der Waals surface area (Å²) in [6.07, 6.45) is -16.5. The standard InChI is InChI=1S/C16H9F14NO3/c17-11(18,13(21,22)15(25,26)27)9(32)31-6-8(7-4-2-1-3-5-7)34-10(33)12(19,20)14(23,24)16(28,29)30/h1-5,8H,6H2,(H,31,32). The van der Waals surface area contributed by atoms with Gasteiger partial charge in [-0.15, -0.1) is 0 Å². The number of carbonyl (C=O) groups excluding carboxylic acids is 2. The number of hydrogen-bond acceptors (Lipinski definition) is 3. The molecule has 1 atom stereocenters. The second-order valence-corrected chi connectivity index (χ2v) is 6.31. The van der Waals surface area contributed by atoms with E-state index in [-0.39, 0.29) is 0 Å². The molecule has 1 unspecified atom stereocenters. The first-order valence-corrected chi connectivity index (χ1v) is 8.20. The van der Waals surface area contributed by atoms with E-state index in [4.69, 9.17) is 0 Å². The number of alkyl halides is 14. The lowest BCUT2D eigenvalue weighted by Crippen LogP contribution is -2.60. The molecule has 0 saturated heterocycles. The molecule has 1 rings (SSSR count). The zero-order valence-electron chi connectivity index (χ0n) is 15.7. The van der Waals surface area contributed by atoms with Crippen molar-refractivity contribution in [2.45, 2.75) is 42.1 Å². The molecule has 194 valence electrons. The molecule has 0 aliphatic carbocycles. The van der Waals surface area contributed by atoms with E-state index in [9.17, 15) is 71.1 Å². The Labute approximate surface area is 178 Å². The molecule has 1 N–H and O–H groups in total. The highest BCUT2D eigenvalue weighted by Crippen LogP contribution is 2.48. The molecule has 0 spiro atoms. The fourth-order valence-corrected chi connectivity index (χ4v) is 2.02. The number of esters is 1. The predicted molar refractivity (Wildman–Crippen MR) is 80.2 cm³/mol. The summed E-state index contributed by atoms with van der Waals surface area (Å²) in [5.41, 5.74) is -0.645. The molecule has 1 aromatic carbocycles. The highest BCUT2D eigenvalue weighted by molar-refractivity contribution is 5.85. The maximum Gasteiger partial charge on any atom is 0.460 e. The summed E-state index contributed by atoms with van der Waals surface area (Å²) in [6.45, 7) is -1.81. The second-order valence-electron chi connectivity index (χ2n) is 6.31. The number of ether oxygens (including phenoxy) is 1. The van der Waals surface area contributed by atoms with Gasteiger partial charge in [0.1, 0.15) is 6.10 Å². The third-order valence-corrected chi connectivity index (χ3v) is 3.91. The van der Waals surface area contributed by atoms with Crippen molar-refractivity contribution in [2.75, 3.05) is 6.54 Å². The molecule has 1 amide bonds. The molecule has 1 aromatic rings. The average molecular weight is 529 g/mol. The minimum Gasteiger partial charge on any atom is -0.451 e. The molecule has 0 heterocycles. The molecule has 0 saturated carbocycles. The zero-order chi connectivity index (χ0) is 27.0. The Kier molecular flexibility index (Phi) is 7.81. The number of amides is 1. The van der Waals surface area contributed by atoms with Crippen LogP contribution >= 0.6 is 0 Å². The normalized spacial score (nSPS) is 15.0. The van der Waals surface area contributed by atoms with Crippen LogP contribution < -0.4 is 5.32 Å². The molecule has 0 aliphatic rings. The van der Waals surface area contributed by atoms with Gasteiger partial charge < -0.3 is 10.1 Å². The third kappa shape index (κ3) is 5.29. The van der Waals surface area contributed by atoms with Crippen LogP contribution in [0.25, 0.3) is 0 Å². The summed E-state index contributed by atoms with van der Waals surface area (Å²) >= 11 is 0. The van der Waals surface area contributed by atoms with Gasteiger partial charge in [0.25, 0.3) is 5.91 Å².